The number of allylic oxidation sites excluding steroid dienone is 2. The second-order valence-corrected chi connectivity index (χ2v) is 14.1. The molecule has 0 saturated carbocycles. The van der Waals surface area contributed by atoms with Crippen molar-refractivity contribution in [3.05, 3.63) is 53.3 Å². The number of fused-ring (bicyclic) bond motifs is 2. The fourth-order valence-corrected chi connectivity index (χ4v) is 6.63. The largest absolute Gasteiger partial charge is 0.440 e. The Morgan fingerprint density at radius 2 is 2.00 bits per heavy atom. The molecule has 0 radical (unpaired) electrons. The number of oxazole rings is 1. The zero-order valence-corrected chi connectivity index (χ0v) is 24.9. The van der Waals surface area contributed by atoms with Crippen LogP contribution in [0.2, 0.25) is 0 Å². The number of nitrogens with zero attached hydrogens (tertiary/aromatic N) is 3. The molecule has 0 aromatic carbocycles. The number of hydrogen-bond donors (Lipinski definition) is 3. The number of aromatic amines is 1. The van der Waals surface area contributed by atoms with E-state index in [1.54, 1.807) is 17.5 Å². The van der Waals surface area contributed by atoms with Crippen molar-refractivity contribution in [3.63, 3.8) is 0 Å². The monoisotopic (exact) mass is 535 g/mol. The van der Waals surface area contributed by atoms with E-state index in [1.807, 2.05) is 20.8 Å². The summed E-state index contributed by atoms with van der Waals surface area (Å²) in [6, 6.07) is 2.50. The lowest BCUT2D eigenvalue weighted by molar-refractivity contribution is 0.0467. The Morgan fingerprint density at radius 3 is 2.63 bits per heavy atom. The minimum absolute atomic E-state index is 0.145. The maximum absolute atomic E-state index is 10.8. The van der Waals surface area contributed by atoms with Gasteiger partial charge in [0.2, 0.25) is 0 Å². The Balaban J connectivity index is 1.49. The van der Waals surface area contributed by atoms with Crippen molar-refractivity contribution in [3.8, 4) is 10.6 Å². The number of aryl methyl sites for hydroxylation is 1. The van der Waals surface area contributed by atoms with Gasteiger partial charge in [0.15, 0.2) is 11.7 Å². The van der Waals surface area contributed by atoms with Crippen LogP contribution in [0.3, 0.4) is 0 Å². The molecule has 5 rings (SSSR count). The lowest BCUT2D eigenvalue weighted by Crippen LogP contribution is -2.41. The molecule has 0 saturated heterocycles. The van der Waals surface area contributed by atoms with Crippen LogP contribution in [0.4, 0.5) is 0 Å². The first-order valence-corrected chi connectivity index (χ1v) is 14.2. The molecule has 2 aliphatic rings. The van der Waals surface area contributed by atoms with Crippen molar-refractivity contribution in [2.75, 3.05) is 13.6 Å². The van der Waals surface area contributed by atoms with Gasteiger partial charge < -0.3 is 14.8 Å². The van der Waals surface area contributed by atoms with Crippen molar-refractivity contribution in [1.29, 1.82) is 0 Å². The van der Waals surface area contributed by atoms with Crippen LogP contribution in [0.1, 0.15) is 66.5 Å². The summed E-state index contributed by atoms with van der Waals surface area (Å²) in [7, 11) is 2.20. The summed E-state index contributed by atoms with van der Waals surface area (Å²) in [6.45, 7) is 17.9. The number of rotatable bonds is 7. The van der Waals surface area contributed by atoms with Gasteiger partial charge in [-0.2, -0.15) is 5.10 Å². The van der Waals surface area contributed by atoms with Crippen LogP contribution in [0, 0.1) is 23.7 Å². The Labute approximate surface area is 229 Å². The van der Waals surface area contributed by atoms with Crippen molar-refractivity contribution in [2.24, 2.45) is 16.7 Å². The van der Waals surface area contributed by atoms with Crippen LogP contribution < -0.4 is 5.32 Å². The molecule has 38 heavy (non-hydrogen) atoms. The molecule has 0 bridgehead atoms. The van der Waals surface area contributed by atoms with Gasteiger partial charge in [-0.1, -0.05) is 26.8 Å². The molecule has 0 spiro atoms. The summed E-state index contributed by atoms with van der Waals surface area (Å²) < 4.78 is 6.84. The van der Waals surface area contributed by atoms with E-state index in [9.17, 15) is 5.11 Å². The molecule has 8 heteroatoms. The highest BCUT2D eigenvalue weighted by atomic mass is 32.1. The summed E-state index contributed by atoms with van der Waals surface area (Å²) >= 11 is 1.65. The first-order valence-electron chi connectivity index (χ1n) is 13.4. The molecule has 3 N–H and O–H groups in total. The first kappa shape index (κ1) is 26.9. The van der Waals surface area contributed by atoms with E-state index >= 15 is 0 Å². The Bertz CT molecular complexity index is 1440. The van der Waals surface area contributed by atoms with E-state index in [0.717, 1.165) is 44.5 Å². The highest BCUT2D eigenvalue weighted by Crippen LogP contribution is 2.50. The zero-order valence-electron chi connectivity index (χ0n) is 24.1. The molecular weight excluding hydrogens is 494 g/mol. The van der Waals surface area contributed by atoms with Gasteiger partial charge in [-0.25, -0.2) is 4.98 Å². The van der Waals surface area contributed by atoms with Crippen LogP contribution in [0.25, 0.3) is 26.6 Å². The van der Waals surface area contributed by atoms with Gasteiger partial charge in [0, 0.05) is 30.6 Å². The molecule has 0 amide bonds. The van der Waals surface area contributed by atoms with Gasteiger partial charge in [0.05, 0.1) is 32.6 Å². The van der Waals surface area contributed by atoms with Crippen molar-refractivity contribution >= 4 is 27.3 Å². The number of aromatic nitrogens is 3. The summed E-state index contributed by atoms with van der Waals surface area (Å²) in [4.78, 5) is 7.69. The number of thiophene rings is 1. The molecule has 3 aromatic heterocycles. The summed E-state index contributed by atoms with van der Waals surface area (Å²) in [5, 5.41) is 22.5. The summed E-state index contributed by atoms with van der Waals surface area (Å²) in [5.74, 6) is 1.57. The van der Waals surface area contributed by atoms with Gasteiger partial charge >= 0.3 is 0 Å². The zero-order chi connectivity index (χ0) is 27.6. The Hall–Kier alpha value is -2.68. The van der Waals surface area contributed by atoms with Gasteiger partial charge in [-0.3, -0.25) is 10.00 Å². The predicted molar refractivity (Wildman–Crippen MR) is 156 cm³/mol. The highest BCUT2D eigenvalue weighted by Gasteiger charge is 2.44. The van der Waals surface area contributed by atoms with Crippen LogP contribution >= 0.6 is 11.3 Å². The average Bonchev–Trinajstić information content (AvgIpc) is 3.54. The molecule has 204 valence electrons. The van der Waals surface area contributed by atoms with Crippen molar-refractivity contribution < 1.29 is 9.52 Å². The van der Waals surface area contributed by atoms with Gasteiger partial charge in [-0.15, -0.1) is 11.3 Å². The standard InChI is InChI=1S/C30H41N5O2S/c1-17(28(3,4)5)35(9)16-19-10-20(13-29(6,7)36)30(8)14-22(32-25(30)11-19)26-27-21(33-34-26)12-24(38-27)23-15-31-18(2)37-23/h10-12,14-15,17,20,32,36H,13,16H2,1-9H3,(H,33,34). The molecule has 3 atom stereocenters. The van der Waals surface area contributed by atoms with Crippen LogP contribution in [0.15, 0.2) is 46.2 Å². The second-order valence-electron chi connectivity index (χ2n) is 13.0. The molecule has 1 aliphatic heterocycles. The van der Waals surface area contributed by atoms with E-state index in [-0.39, 0.29) is 16.7 Å². The van der Waals surface area contributed by atoms with Crippen LogP contribution in [-0.2, 0) is 0 Å². The van der Waals surface area contributed by atoms with E-state index in [1.165, 1.54) is 5.57 Å². The molecule has 4 heterocycles. The normalized spacial score (nSPS) is 22.8. The van der Waals surface area contributed by atoms with Crippen LogP contribution in [-0.4, -0.2) is 50.4 Å². The number of aliphatic hydroxyl groups is 1. The molecule has 1 aliphatic carbocycles. The maximum Gasteiger partial charge on any atom is 0.191 e. The molecule has 0 fully saturated rings. The fraction of sp³-hybridized carbons (Fsp3) is 0.533. The Kier molecular flexibility index (Phi) is 6.52. The van der Waals surface area contributed by atoms with Crippen molar-refractivity contribution in [1.82, 2.24) is 25.4 Å². The van der Waals surface area contributed by atoms with Gasteiger partial charge in [0.25, 0.3) is 0 Å². The van der Waals surface area contributed by atoms with E-state index < -0.39 is 5.60 Å². The minimum Gasteiger partial charge on any atom is -0.440 e. The van der Waals surface area contributed by atoms with E-state index in [2.05, 4.69) is 86.3 Å². The first-order chi connectivity index (χ1) is 17.6. The van der Waals surface area contributed by atoms with E-state index in [0.29, 0.717) is 18.4 Å². The quantitative estimate of drug-likeness (QED) is 0.320. The average molecular weight is 536 g/mol. The number of nitrogens with one attached hydrogen (secondary N) is 2. The molecular formula is C30H41N5O2S. The lowest BCUT2D eigenvalue weighted by Gasteiger charge is -2.40. The summed E-state index contributed by atoms with van der Waals surface area (Å²) in [6.07, 6.45) is 9.42. The fourth-order valence-electron chi connectivity index (χ4n) is 5.57. The molecule has 3 unspecified atom stereocenters. The SMILES string of the molecule is Cc1ncc(-c2cc3[nH]nc(C4=CC5(C)C(=CC(CN(C)C(C)C(C)(C)C)=CC5CC(C)(C)O)N4)c3s2)o1. The second kappa shape index (κ2) is 9.21. The van der Waals surface area contributed by atoms with Gasteiger partial charge in [0.1, 0.15) is 5.69 Å². The van der Waals surface area contributed by atoms with Crippen LogP contribution in [0.5, 0.6) is 0 Å². The highest BCUT2D eigenvalue weighted by molar-refractivity contribution is 7.22. The van der Waals surface area contributed by atoms with Gasteiger partial charge in [-0.05, 0) is 76.3 Å². The third-order valence-electron chi connectivity index (χ3n) is 8.23. The smallest absolute Gasteiger partial charge is 0.191 e. The third kappa shape index (κ3) is 5.01. The number of H-pyrrole nitrogens is 1. The molecule has 7 nitrogen and oxygen atoms in total. The predicted octanol–water partition coefficient (Wildman–Crippen LogP) is 6.51. The third-order valence-corrected chi connectivity index (χ3v) is 9.39. The number of likely N-dealkylation sites (N-methyl/N-ethyl adjacent to an activating group) is 1. The van der Waals surface area contributed by atoms with E-state index in [4.69, 9.17) is 9.52 Å². The van der Waals surface area contributed by atoms with Crippen molar-refractivity contribution in [2.45, 2.75) is 73.5 Å². The maximum atomic E-state index is 10.8. The summed E-state index contributed by atoms with van der Waals surface area (Å²) in [5.41, 5.74) is 4.47. The lowest BCUT2D eigenvalue weighted by atomic mass is 9.68. The topological polar surface area (TPSA) is 90.2 Å². The minimum atomic E-state index is -0.781. The number of hydrogen-bond acceptors (Lipinski definition) is 7. The Morgan fingerprint density at radius 1 is 1.26 bits per heavy atom. The molecule has 3 aromatic rings.